The predicted molar refractivity (Wildman–Crippen MR) is 69.7 cm³/mol. The van der Waals surface area contributed by atoms with Crippen molar-refractivity contribution in [2.75, 3.05) is 13.1 Å². The number of rotatable bonds is 1. The van der Waals surface area contributed by atoms with Crippen molar-refractivity contribution in [1.29, 1.82) is 0 Å². The molecule has 98 valence electrons. The van der Waals surface area contributed by atoms with E-state index in [1.165, 1.54) is 11.3 Å². The van der Waals surface area contributed by atoms with Crippen molar-refractivity contribution < 1.29 is 9.90 Å². The van der Waals surface area contributed by atoms with Crippen molar-refractivity contribution >= 4 is 17.2 Å². The fourth-order valence-corrected chi connectivity index (χ4v) is 4.16. The molecule has 1 saturated carbocycles. The van der Waals surface area contributed by atoms with E-state index >= 15 is 0 Å². The lowest BCUT2D eigenvalue weighted by Gasteiger charge is -2.17. The number of carbonyl (C=O) groups excluding carboxylic acids is 1. The Morgan fingerprint density at radius 2 is 2.17 bits per heavy atom. The lowest BCUT2D eigenvalue weighted by Crippen LogP contribution is -2.30. The van der Waals surface area contributed by atoms with Gasteiger partial charge in [0.05, 0.1) is 16.8 Å². The van der Waals surface area contributed by atoms with Crippen LogP contribution in [0.25, 0.3) is 0 Å². The first kappa shape index (κ1) is 12.1. The average Bonchev–Trinajstić information content (AvgIpc) is 2.96. The van der Waals surface area contributed by atoms with E-state index in [9.17, 15) is 9.90 Å². The van der Waals surface area contributed by atoms with Crippen molar-refractivity contribution in [3.05, 3.63) is 15.6 Å². The Hall–Kier alpha value is -0.940. The van der Waals surface area contributed by atoms with E-state index in [0.717, 1.165) is 35.0 Å². The molecule has 3 atom stereocenters. The topological polar surface area (TPSA) is 53.4 Å². The first-order valence-corrected chi connectivity index (χ1v) is 7.29. The third-order valence-electron chi connectivity index (χ3n) is 4.20. The highest BCUT2D eigenvalue weighted by atomic mass is 32.1. The molecule has 0 aromatic carbocycles. The molecule has 0 spiro atoms. The van der Waals surface area contributed by atoms with Crippen molar-refractivity contribution in [1.82, 2.24) is 9.88 Å². The van der Waals surface area contributed by atoms with Crippen LogP contribution in [-0.2, 0) is 0 Å². The van der Waals surface area contributed by atoms with Gasteiger partial charge in [0.1, 0.15) is 4.88 Å². The second-order valence-electron chi connectivity index (χ2n) is 5.43. The molecule has 1 aromatic heterocycles. The first-order chi connectivity index (χ1) is 8.56. The molecule has 4 nitrogen and oxygen atoms in total. The van der Waals surface area contributed by atoms with E-state index < -0.39 is 0 Å². The lowest BCUT2D eigenvalue weighted by atomic mass is 10.00. The number of hydrogen-bond acceptors (Lipinski definition) is 4. The molecule has 1 aromatic rings. The van der Waals surface area contributed by atoms with Gasteiger partial charge in [-0.1, -0.05) is 0 Å². The van der Waals surface area contributed by atoms with Crippen LogP contribution in [0.1, 0.15) is 33.2 Å². The summed E-state index contributed by atoms with van der Waals surface area (Å²) in [5, 5.41) is 10.8. The molecule has 3 rings (SSSR count). The van der Waals surface area contributed by atoms with Crippen molar-refractivity contribution in [2.45, 2.75) is 32.8 Å². The van der Waals surface area contributed by atoms with E-state index in [1.807, 2.05) is 18.7 Å². The summed E-state index contributed by atoms with van der Waals surface area (Å²) in [6, 6.07) is 0. The molecule has 3 unspecified atom stereocenters. The van der Waals surface area contributed by atoms with Gasteiger partial charge < -0.3 is 10.0 Å². The number of likely N-dealkylation sites (tertiary alicyclic amines) is 1. The molecule has 2 heterocycles. The van der Waals surface area contributed by atoms with Gasteiger partial charge in [0.15, 0.2) is 0 Å². The third-order valence-corrected chi connectivity index (χ3v) is 5.26. The van der Waals surface area contributed by atoms with E-state index in [2.05, 4.69) is 4.98 Å². The molecule has 5 heteroatoms. The molecule has 1 aliphatic heterocycles. The molecule has 2 fully saturated rings. The second kappa shape index (κ2) is 4.31. The average molecular weight is 266 g/mol. The standard InChI is InChI=1S/C13H18N2O2S/c1-7-12(18-8(2)14-7)13(17)15-5-9-3-4-11(16)10(9)6-15/h9-11,16H,3-6H2,1-2H3. The predicted octanol–water partition coefficient (Wildman–Crippen LogP) is 1.60. The summed E-state index contributed by atoms with van der Waals surface area (Å²) in [5.74, 6) is 0.890. The van der Waals surface area contributed by atoms with Crippen LogP contribution in [0.2, 0.25) is 0 Å². The van der Waals surface area contributed by atoms with Crippen LogP contribution >= 0.6 is 11.3 Å². The molecule has 1 N–H and O–H groups in total. The van der Waals surface area contributed by atoms with Crippen LogP contribution in [0.4, 0.5) is 0 Å². The van der Waals surface area contributed by atoms with Crippen molar-refractivity contribution in [3.8, 4) is 0 Å². The molecular formula is C13H18N2O2S. The van der Waals surface area contributed by atoms with Gasteiger partial charge in [0.25, 0.3) is 5.91 Å². The van der Waals surface area contributed by atoms with Crippen LogP contribution in [-0.4, -0.2) is 40.1 Å². The fraction of sp³-hybridized carbons (Fsp3) is 0.692. The van der Waals surface area contributed by atoms with Gasteiger partial charge in [0.2, 0.25) is 0 Å². The Labute approximate surface area is 111 Å². The minimum atomic E-state index is -0.211. The highest BCUT2D eigenvalue weighted by Gasteiger charge is 2.43. The quantitative estimate of drug-likeness (QED) is 0.840. The zero-order valence-electron chi connectivity index (χ0n) is 10.7. The first-order valence-electron chi connectivity index (χ1n) is 6.47. The van der Waals surface area contributed by atoms with Crippen molar-refractivity contribution in [3.63, 3.8) is 0 Å². The third kappa shape index (κ3) is 1.86. The Morgan fingerprint density at radius 1 is 1.39 bits per heavy atom. The van der Waals surface area contributed by atoms with Gasteiger partial charge in [-0.2, -0.15) is 0 Å². The molecule has 0 radical (unpaired) electrons. The van der Waals surface area contributed by atoms with Crippen LogP contribution in [0.5, 0.6) is 0 Å². The molecule has 1 saturated heterocycles. The SMILES string of the molecule is Cc1nc(C)c(C(=O)N2CC3CCC(O)C3C2)s1. The summed E-state index contributed by atoms with van der Waals surface area (Å²) in [6.07, 6.45) is 1.74. The number of amides is 1. The summed E-state index contributed by atoms with van der Waals surface area (Å²) in [4.78, 5) is 19.4. The zero-order valence-corrected chi connectivity index (χ0v) is 11.5. The highest BCUT2D eigenvalue weighted by Crippen LogP contribution is 2.38. The fourth-order valence-electron chi connectivity index (χ4n) is 3.28. The van der Waals surface area contributed by atoms with E-state index in [1.54, 1.807) is 0 Å². The maximum absolute atomic E-state index is 12.4. The van der Waals surface area contributed by atoms with Crippen molar-refractivity contribution in [2.24, 2.45) is 11.8 Å². The van der Waals surface area contributed by atoms with Crippen LogP contribution in [0.3, 0.4) is 0 Å². The van der Waals surface area contributed by atoms with Gasteiger partial charge in [-0.3, -0.25) is 4.79 Å². The minimum Gasteiger partial charge on any atom is -0.393 e. The van der Waals surface area contributed by atoms with E-state index in [0.29, 0.717) is 18.4 Å². The van der Waals surface area contributed by atoms with E-state index in [4.69, 9.17) is 0 Å². The monoisotopic (exact) mass is 266 g/mol. The lowest BCUT2D eigenvalue weighted by molar-refractivity contribution is 0.0756. The smallest absolute Gasteiger partial charge is 0.265 e. The number of thiazole rings is 1. The molecule has 1 aliphatic carbocycles. The van der Waals surface area contributed by atoms with Gasteiger partial charge in [0, 0.05) is 19.0 Å². The zero-order chi connectivity index (χ0) is 12.9. The Kier molecular flexibility index (Phi) is 2.90. The molecule has 2 aliphatic rings. The van der Waals surface area contributed by atoms with Gasteiger partial charge >= 0.3 is 0 Å². The maximum Gasteiger partial charge on any atom is 0.265 e. The number of aromatic nitrogens is 1. The van der Waals surface area contributed by atoms with Crippen LogP contribution < -0.4 is 0 Å². The largest absolute Gasteiger partial charge is 0.393 e. The number of fused-ring (bicyclic) bond motifs is 1. The Balaban J connectivity index is 1.77. The number of aliphatic hydroxyl groups excluding tert-OH is 1. The minimum absolute atomic E-state index is 0.0969. The van der Waals surface area contributed by atoms with Crippen LogP contribution in [0, 0.1) is 25.7 Å². The Morgan fingerprint density at radius 3 is 2.78 bits per heavy atom. The Bertz CT molecular complexity index is 485. The highest BCUT2D eigenvalue weighted by molar-refractivity contribution is 7.13. The molecular weight excluding hydrogens is 248 g/mol. The van der Waals surface area contributed by atoms with Crippen LogP contribution in [0.15, 0.2) is 0 Å². The summed E-state index contributed by atoms with van der Waals surface area (Å²) in [6.45, 7) is 5.33. The summed E-state index contributed by atoms with van der Waals surface area (Å²) < 4.78 is 0. The second-order valence-corrected chi connectivity index (χ2v) is 6.63. The van der Waals surface area contributed by atoms with Gasteiger partial charge in [-0.15, -0.1) is 11.3 Å². The van der Waals surface area contributed by atoms with Gasteiger partial charge in [-0.25, -0.2) is 4.98 Å². The number of aryl methyl sites for hydroxylation is 2. The summed E-state index contributed by atoms with van der Waals surface area (Å²) in [7, 11) is 0. The number of hydrogen-bond donors (Lipinski definition) is 1. The number of carbonyl (C=O) groups is 1. The van der Waals surface area contributed by atoms with Gasteiger partial charge in [-0.05, 0) is 32.6 Å². The number of aliphatic hydroxyl groups is 1. The normalized spacial score (nSPS) is 30.8. The maximum atomic E-state index is 12.4. The molecule has 0 bridgehead atoms. The molecule has 1 amide bonds. The number of nitrogens with zero attached hydrogens (tertiary/aromatic N) is 2. The van der Waals surface area contributed by atoms with E-state index in [-0.39, 0.29) is 12.0 Å². The summed E-state index contributed by atoms with van der Waals surface area (Å²) in [5.41, 5.74) is 0.833. The molecule has 18 heavy (non-hydrogen) atoms. The summed E-state index contributed by atoms with van der Waals surface area (Å²) >= 11 is 1.47.